The molecule has 0 aromatic carbocycles. The zero-order chi connectivity index (χ0) is 11.5. The summed E-state index contributed by atoms with van der Waals surface area (Å²) in [4.78, 5) is 4.32. The van der Waals surface area contributed by atoms with Gasteiger partial charge in [0.2, 0.25) is 0 Å². The Morgan fingerprint density at radius 1 is 1.50 bits per heavy atom. The molecule has 0 bridgehead atoms. The number of halogens is 1. The topological polar surface area (TPSA) is 42.0 Å². The Kier molecular flexibility index (Phi) is 3.97. The van der Waals surface area contributed by atoms with Crippen LogP contribution in [0, 0.1) is 6.92 Å². The maximum absolute atomic E-state index is 11.2. The Morgan fingerprint density at radius 2 is 2.19 bits per heavy atom. The van der Waals surface area contributed by atoms with Crippen molar-refractivity contribution >= 4 is 32.5 Å². The molecule has 1 saturated heterocycles. The van der Waals surface area contributed by atoms with Crippen LogP contribution in [0.2, 0.25) is 0 Å². The second kappa shape index (κ2) is 5.27. The fraction of sp³-hybridized carbons (Fsp3) is 0.545. The summed E-state index contributed by atoms with van der Waals surface area (Å²) in [6.45, 7) is 2.05. The lowest BCUT2D eigenvalue weighted by Gasteiger charge is -2.23. The van der Waals surface area contributed by atoms with E-state index in [0.717, 1.165) is 34.6 Å². The highest BCUT2D eigenvalue weighted by molar-refractivity contribution is 9.10. The molecule has 1 aliphatic rings. The molecule has 1 aromatic heterocycles. The van der Waals surface area contributed by atoms with Gasteiger partial charge in [-0.2, -0.15) is 0 Å². The molecule has 0 atom stereocenters. The summed E-state index contributed by atoms with van der Waals surface area (Å²) in [6.07, 6.45) is 3.74. The Hall–Kier alpha value is -0.420. The zero-order valence-corrected chi connectivity index (χ0v) is 11.6. The number of anilines is 1. The van der Waals surface area contributed by atoms with E-state index < -0.39 is 10.8 Å². The monoisotopic (exact) mass is 302 g/mol. The number of rotatable bonds is 2. The average molecular weight is 303 g/mol. The van der Waals surface area contributed by atoms with E-state index >= 15 is 0 Å². The first-order valence-corrected chi connectivity index (χ1v) is 7.67. The molecule has 1 aromatic rings. The van der Waals surface area contributed by atoms with Crippen LogP contribution < -0.4 is 5.32 Å². The molecule has 2 rings (SSSR count). The maximum Gasteiger partial charge on any atom is 0.140 e. The van der Waals surface area contributed by atoms with Gasteiger partial charge in [-0.15, -0.1) is 0 Å². The van der Waals surface area contributed by atoms with Crippen molar-refractivity contribution in [3.8, 4) is 0 Å². The SMILES string of the molecule is Cc1ccnc(NC2CCS(=O)CC2)c1Br. The lowest BCUT2D eigenvalue weighted by atomic mass is 10.1. The van der Waals surface area contributed by atoms with Crippen LogP contribution in [-0.2, 0) is 10.8 Å². The minimum atomic E-state index is -0.601. The third kappa shape index (κ3) is 2.83. The van der Waals surface area contributed by atoms with Crippen LogP contribution in [0.1, 0.15) is 18.4 Å². The van der Waals surface area contributed by atoms with Crippen LogP contribution in [0.5, 0.6) is 0 Å². The number of pyridine rings is 1. The van der Waals surface area contributed by atoms with E-state index in [1.165, 1.54) is 5.56 Å². The third-order valence-electron chi connectivity index (χ3n) is 2.81. The van der Waals surface area contributed by atoms with Crippen molar-refractivity contribution < 1.29 is 4.21 Å². The van der Waals surface area contributed by atoms with Gasteiger partial charge in [-0.25, -0.2) is 4.98 Å². The third-order valence-corrected chi connectivity index (χ3v) is 5.19. The van der Waals surface area contributed by atoms with Crippen LogP contribution in [0.3, 0.4) is 0 Å². The molecular weight excluding hydrogens is 288 g/mol. The summed E-state index contributed by atoms with van der Waals surface area (Å²) in [5.41, 5.74) is 1.18. The van der Waals surface area contributed by atoms with Crippen LogP contribution in [-0.4, -0.2) is 26.7 Å². The highest BCUT2D eigenvalue weighted by Gasteiger charge is 2.18. The number of hydrogen-bond acceptors (Lipinski definition) is 3. The van der Waals surface area contributed by atoms with Gasteiger partial charge in [0.25, 0.3) is 0 Å². The summed E-state index contributed by atoms with van der Waals surface area (Å²) >= 11 is 3.53. The molecule has 3 nitrogen and oxygen atoms in total. The van der Waals surface area contributed by atoms with Gasteiger partial charge in [-0.3, -0.25) is 4.21 Å². The van der Waals surface area contributed by atoms with Crippen molar-refractivity contribution in [1.82, 2.24) is 4.98 Å². The van der Waals surface area contributed by atoms with Crippen LogP contribution in [0.25, 0.3) is 0 Å². The highest BCUT2D eigenvalue weighted by Crippen LogP contribution is 2.25. The Labute approximate surface area is 107 Å². The molecule has 0 amide bonds. The number of aromatic nitrogens is 1. The fourth-order valence-corrected chi connectivity index (χ4v) is 3.42. The molecular formula is C11H15BrN2OS. The second-order valence-corrected chi connectivity index (χ2v) is 6.55. The molecule has 1 N–H and O–H groups in total. The van der Waals surface area contributed by atoms with E-state index in [-0.39, 0.29) is 0 Å². The van der Waals surface area contributed by atoms with Crippen molar-refractivity contribution in [3.63, 3.8) is 0 Å². The molecule has 0 radical (unpaired) electrons. The van der Waals surface area contributed by atoms with E-state index in [0.29, 0.717) is 6.04 Å². The Bertz CT molecular complexity index is 401. The normalized spacial score (nSPS) is 25.4. The number of nitrogens with zero attached hydrogens (tertiary/aromatic N) is 1. The standard InChI is InChI=1S/C11H15BrN2OS/c1-8-2-5-13-11(10(8)12)14-9-3-6-16(15)7-4-9/h2,5,9H,3-4,6-7H2,1H3,(H,13,14). The Balaban J connectivity index is 2.04. The van der Waals surface area contributed by atoms with Gasteiger partial charge in [0, 0.05) is 34.5 Å². The molecule has 0 unspecified atom stereocenters. The number of aryl methyl sites for hydroxylation is 1. The predicted molar refractivity (Wildman–Crippen MR) is 71.2 cm³/mol. The minimum absolute atomic E-state index is 0.406. The van der Waals surface area contributed by atoms with E-state index in [9.17, 15) is 4.21 Å². The van der Waals surface area contributed by atoms with E-state index in [1.54, 1.807) is 0 Å². The van der Waals surface area contributed by atoms with Crippen LogP contribution >= 0.6 is 15.9 Å². The van der Waals surface area contributed by atoms with Crippen molar-refractivity contribution in [2.45, 2.75) is 25.8 Å². The quantitative estimate of drug-likeness (QED) is 0.912. The summed E-state index contributed by atoms with van der Waals surface area (Å²) in [5.74, 6) is 2.51. The van der Waals surface area contributed by atoms with Crippen LogP contribution in [0.15, 0.2) is 16.7 Å². The first kappa shape index (κ1) is 12.0. The van der Waals surface area contributed by atoms with Crippen molar-refractivity contribution in [1.29, 1.82) is 0 Å². The van der Waals surface area contributed by atoms with Crippen molar-refractivity contribution in [3.05, 3.63) is 22.3 Å². The fourth-order valence-electron chi connectivity index (χ4n) is 1.77. The second-order valence-electron chi connectivity index (χ2n) is 4.06. The molecule has 5 heteroatoms. The summed E-state index contributed by atoms with van der Waals surface area (Å²) in [5, 5.41) is 3.42. The van der Waals surface area contributed by atoms with Crippen LogP contribution in [0.4, 0.5) is 5.82 Å². The molecule has 0 saturated carbocycles. The van der Waals surface area contributed by atoms with Crippen molar-refractivity contribution in [2.24, 2.45) is 0 Å². The van der Waals surface area contributed by atoms with Crippen molar-refractivity contribution in [2.75, 3.05) is 16.8 Å². The van der Waals surface area contributed by atoms with Gasteiger partial charge in [0.15, 0.2) is 0 Å². The lowest BCUT2D eigenvalue weighted by Crippen LogP contribution is -2.29. The first-order valence-electron chi connectivity index (χ1n) is 5.39. The van der Waals surface area contributed by atoms with E-state index in [4.69, 9.17) is 0 Å². The minimum Gasteiger partial charge on any atom is -0.366 e. The molecule has 16 heavy (non-hydrogen) atoms. The van der Waals surface area contributed by atoms with E-state index in [2.05, 4.69) is 26.2 Å². The smallest absolute Gasteiger partial charge is 0.140 e. The highest BCUT2D eigenvalue weighted by atomic mass is 79.9. The zero-order valence-electron chi connectivity index (χ0n) is 9.20. The summed E-state index contributed by atoms with van der Waals surface area (Å²) in [7, 11) is -0.601. The van der Waals surface area contributed by atoms with Gasteiger partial charge >= 0.3 is 0 Å². The molecule has 2 heterocycles. The first-order chi connectivity index (χ1) is 7.66. The predicted octanol–water partition coefficient (Wildman–Crippen LogP) is 2.48. The number of hydrogen-bond donors (Lipinski definition) is 1. The molecule has 1 aliphatic heterocycles. The lowest BCUT2D eigenvalue weighted by molar-refractivity contribution is 0.622. The van der Waals surface area contributed by atoms with Gasteiger partial charge in [0.05, 0.1) is 4.47 Å². The maximum atomic E-state index is 11.2. The molecule has 0 aliphatic carbocycles. The van der Waals surface area contributed by atoms with Gasteiger partial charge in [-0.05, 0) is 47.3 Å². The molecule has 0 spiro atoms. The molecule has 1 fully saturated rings. The number of nitrogens with one attached hydrogen (secondary N) is 1. The van der Waals surface area contributed by atoms with E-state index in [1.807, 2.05) is 19.2 Å². The Morgan fingerprint density at radius 3 is 2.88 bits per heavy atom. The largest absolute Gasteiger partial charge is 0.366 e. The summed E-state index contributed by atoms with van der Waals surface area (Å²) in [6, 6.07) is 2.38. The van der Waals surface area contributed by atoms with Gasteiger partial charge in [0.1, 0.15) is 5.82 Å². The van der Waals surface area contributed by atoms with Gasteiger partial charge in [-0.1, -0.05) is 0 Å². The summed E-state index contributed by atoms with van der Waals surface area (Å²) < 4.78 is 12.3. The average Bonchev–Trinajstić information content (AvgIpc) is 2.28. The van der Waals surface area contributed by atoms with Gasteiger partial charge < -0.3 is 5.32 Å². The molecule has 88 valence electrons.